The highest BCUT2D eigenvalue weighted by Gasteiger charge is 2.20. The standard InChI is InChI=1S/C12H19N5S/c1-6-8-9(7-17(5)15-8)13-11-14-10(16-18-11)12(2,3)4/h7H,6H2,1-5H3,(H,13,14,16). The highest BCUT2D eigenvalue weighted by atomic mass is 32.1. The van der Waals surface area contributed by atoms with Crippen molar-refractivity contribution < 1.29 is 0 Å². The van der Waals surface area contributed by atoms with Crippen LogP contribution in [0.1, 0.15) is 39.2 Å². The first-order chi connectivity index (χ1) is 8.40. The topological polar surface area (TPSA) is 55.6 Å². The van der Waals surface area contributed by atoms with Crippen molar-refractivity contribution in [3.63, 3.8) is 0 Å². The van der Waals surface area contributed by atoms with E-state index in [0.717, 1.165) is 28.8 Å². The van der Waals surface area contributed by atoms with Crippen LogP contribution < -0.4 is 5.32 Å². The number of anilines is 2. The Kier molecular flexibility index (Phi) is 3.38. The van der Waals surface area contributed by atoms with Gasteiger partial charge in [0, 0.05) is 30.2 Å². The Morgan fingerprint density at radius 2 is 2.11 bits per heavy atom. The quantitative estimate of drug-likeness (QED) is 0.927. The molecule has 1 N–H and O–H groups in total. The van der Waals surface area contributed by atoms with Crippen LogP contribution in [-0.4, -0.2) is 19.1 Å². The summed E-state index contributed by atoms with van der Waals surface area (Å²) in [4.78, 5) is 4.52. The number of rotatable bonds is 3. The molecule has 0 aliphatic carbocycles. The molecule has 0 aliphatic rings. The van der Waals surface area contributed by atoms with Gasteiger partial charge in [-0.1, -0.05) is 27.7 Å². The number of aryl methyl sites for hydroxylation is 2. The first-order valence-electron chi connectivity index (χ1n) is 6.04. The third-order valence-electron chi connectivity index (χ3n) is 2.58. The van der Waals surface area contributed by atoms with Gasteiger partial charge in [0.2, 0.25) is 5.13 Å². The lowest BCUT2D eigenvalue weighted by Gasteiger charge is -2.12. The van der Waals surface area contributed by atoms with Gasteiger partial charge in [0.25, 0.3) is 0 Å². The summed E-state index contributed by atoms with van der Waals surface area (Å²) in [5, 5.41) is 8.51. The zero-order chi connectivity index (χ0) is 13.3. The predicted octanol–water partition coefficient (Wildman–Crippen LogP) is 2.88. The van der Waals surface area contributed by atoms with Crippen LogP contribution in [0.15, 0.2) is 6.20 Å². The minimum absolute atomic E-state index is 0.0149. The van der Waals surface area contributed by atoms with Crippen molar-refractivity contribution in [2.45, 2.75) is 39.5 Å². The molecule has 0 atom stereocenters. The smallest absolute Gasteiger partial charge is 0.207 e. The summed E-state index contributed by atoms with van der Waals surface area (Å²) in [5.74, 6) is 0.872. The molecule has 0 spiro atoms. The normalized spacial score (nSPS) is 11.8. The molecule has 2 heterocycles. The van der Waals surface area contributed by atoms with Gasteiger partial charge in [-0.05, 0) is 6.42 Å². The number of aromatic nitrogens is 4. The van der Waals surface area contributed by atoms with Gasteiger partial charge in [-0.2, -0.15) is 9.47 Å². The fourth-order valence-electron chi connectivity index (χ4n) is 1.59. The predicted molar refractivity (Wildman–Crippen MR) is 74.5 cm³/mol. The van der Waals surface area contributed by atoms with Gasteiger partial charge in [-0.15, -0.1) is 0 Å². The molecule has 5 nitrogen and oxygen atoms in total. The minimum Gasteiger partial charge on any atom is -0.327 e. The van der Waals surface area contributed by atoms with E-state index in [1.165, 1.54) is 11.5 Å². The molecule has 0 aromatic carbocycles. The molecule has 0 fully saturated rings. The molecule has 0 amide bonds. The first-order valence-corrected chi connectivity index (χ1v) is 6.81. The van der Waals surface area contributed by atoms with Crippen LogP contribution in [0.2, 0.25) is 0 Å². The largest absolute Gasteiger partial charge is 0.327 e. The van der Waals surface area contributed by atoms with Gasteiger partial charge in [0.1, 0.15) is 5.82 Å². The molecule has 0 saturated heterocycles. The Labute approximate surface area is 111 Å². The van der Waals surface area contributed by atoms with Crippen LogP contribution in [0.4, 0.5) is 10.8 Å². The number of hydrogen-bond acceptors (Lipinski definition) is 5. The van der Waals surface area contributed by atoms with Crippen LogP contribution in [-0.2, 0) is 18.9 Å². The second kappa shape index (κ2) is 4.68. The van der Waals surface area contributed by atoms with Crippen molar-refractivity contribution >= 4 is 22.4 Å². The minimum atomic E-state index is -0.0149. The van der Waals surface area contributed by atoms with Gasteiger partial charge in [-0.25, -0.2) is 4.98 Å². The summed E-state index contributed by atoms with van der Waals surface area (Å²) < 4.78 is 6.20. The van der Waals surface area contributed by atoms with E-state index in [-0.39, 0.29) is 5.41 Å². The van der Waals surface area contributed by atoms with E-state index >= 15 is 0 Å². The van der Waals surface area contributed by atoms with Crippen molar-refractivity contribution in [2.75, 3.05) is 5.32 Å². The van der Waals surface area contributed by atoms with Crippen molar-refractivity contribution in [1.29, 1.82) is 0 Å². The molecule has 0 saturated carbocycles. The molecule has 0 aliphatic heterocycles. The number of hydrogen-bond donors (Lipinski definition) is 1. The molecule has 2 rings (SSSR count). The SMILES string of the molecule is CCc1nn(C)cc1Nc1nc(C(C)(C)C)ns1. The van der Waals surface area contributed by atoms with E-state index in [4.69, 9.17) is 0 Å². The van der Waals surface area contributed by atoms with E-state index in [0.29, 0.717) is 0 Å². The van der Waals surface area contributed by atoms with Crippen molar-refractivity contribution in [1.82, 2.24) is 19.1 Å². The molecule has 2 aromatic rings. The van der Waals surface area contributed by atoms with Gasteiger partial charge in [-0.3, -0.25) is 4.68 Å². The Morgan fingerprint density at radius 3 is 2.67 bits per heavy atom. The monoisotopic (exact) mass is 265 g/mol. The summed E-state index contributed by atoms with van der Waals surface area (Å²) >= 11 is 1.39. The Bertz CT molecular complexity index is 535. The van der Waals surface area contributed by atoms with E-state index in [1.54, 1.807) is 0 Å². The molecule has 6 heteroatoms. The molecule has 98 valence electrons. The maximum Gasteiger partial charge on any atom is 0.207 e. The second-order valence-corrected chi connectivity index (χ2v) is 6.07. The van der Waals surface area contributed by atoms with E-state index in [2.05, 4.69) is 47.5 Å². The van der Waals surface area contributed by atoms with Crippen LogP contribution in [0.3, 0.4) is 0 Å². The van der Waals surface area contributed by atoms with Crippen molar-refractivity contribution in [3.8, 4) is 0 Å². The molecule has 18 heavy (non-hydrogen) atoms. The Morgan fingerprint density at radius 1 is 1.39 bits per heavy atom. The van der Waals surface area contributed by atoms with Crippen LogP contribution in [0.5, 0.6) is 0 Å². The van der Waals surface area contributed by atoms with Crippen LogP contribution in [0.25, 0.3) is 0 Å². The van der Waals surface area contributed by atoms with Gasteiger partial charge >= 0.3 is 0 Å². The molecule has 0 bridgehead atoms. The maximum absolute atomic E-state index is 4.52. The van der Waals surface area contributed by atoms with Crippen LogP contribution >= 0.6 is 11.5 Å². The molecule has 0 unspecified atom stereocenters. The third kappa shape index (κ3) is 2.69. The fourth-order valence-corrected chi connectivity index (χ4v) is 2.36. The summed E-state index contributed by atoms with van der Waals surface area (Å²) in [6.07, 6.45) is 2.87. The van der Waals surface area contributed by atoms with Crippen molar-refractivity contribution in [3.05, 3.63) is 17.7 Å². The zero-order valence-corrected chi connectivity index (χ0v) is 12.3. The summed E-state index contributed by atoms with van der Waals surface area (Å²) in [7, 11) is 1.92. The van der Waals surface area contributed by atoms with Crippen LogP contribution in [0, 0.1) is 0 Å². The highest BCUT2D eigenvalue weighted by molar-refractivity contribution is 7.09. The molecular weight excluding hydrogens is 246 g/mol. The summed E-state index contributed by atoms with van der Waals surface area (Å²) in [5.41, 5.74) is 2.04. The van der Waals surface area contributed by atoms with Crippen molar-refractivity contribution in [2.24, 2.45) is 7.05 Å². The number of nitrogens with one attached hydrogen (secondary N) is 1. The van der Waals surface area contributed by atoms with Gasteiger partial charge < -0.3 is 5.32 Å². The molecule has 0 radical (unpaired) electrons. The third-order valence-corrected chi connectivity index (χ3v) is 3.21. The maximum atomic E-state index is 4.52. The van der Waals surface area contributed by atoms with Gasteiger partial charge in [0.15, 0.2) is 0 Å². The summed E-state index contributed by atoms with van der Waals surface area (Å²) in [6, 6.07) is 0. The zero-order valence-electron chi connectivity index (χ0n) is 11.5. The van der Waals surface area contributed by atoms with E-state index in [9.17, 15) is 0 Å². The Balaban J connectivity index is 2.21. The average Bonchev–Trinajstić information content (AvgIpc) is 2.85. The Hall–Kier alpha value is -1.43. The number of nitrogens with zero attached hydrogens (tertiary/aromatic N) is 4. The lowest BCUT2D eigenvalue weighted by molar-refractivity contribution is 0.555. The summed E-state index contributed by atoms with van der Waals surface area (Å²) in [6.45, 7) is 8.43. The second-order valence-electron chi connectivity index (χ2n) is 5.31. The highest BCUT2D eigenvalue weighted by Crippen LogP contribution is 2.26. The molecular formula is C12H19N5S. The first kappa shape index (κ1) is 13.0. The van der Waals surface area contributed by atoms with E-state index in [1.807, 2.05) is 17.9 Å². The molecule has 2 aromatic heterocycles. The average molecular weight is 265 g/mol. The van der Waals surface area contributed by atoms with Gasteiger partial charge in [0.05, 0.1) is 11.4 Å². The van der Waals surface area contributed by atoms with E-state index < -0.39 is 0 Å². The lowest BCUT2D eigenvalue weighted by Crippen LogP contribution is -2.13. The fraction of sp³-hybridized carbons (Fsp3) is 0.583. The lowest BCUT2D eigenvalue weighted by atomic mass is 9.96.